The van der Waals surface area contributed by atoms with Crippen LogP contribution in [0.2, 0.25) is 5.02 Å². The number of methoxy groups -OCH3 is 1. The van der Waals surface area contributed by atoms with E-state index >= 15 is 0 Å². The quantitative estimate of drug-likeness (QED) is 0.904. The first-order chi connectivity index (χ1) is 9.06. The topological polar surface area (TPSA) is 65.1 Å². The minimum Gasteiger partial charge on any atom is -0.497 e. The Labute approximate surface area is 117 Å². The van der Waals surface area contributed by atoms with Crippen LogP contribution in [0.5, 0.6) is 5.75 Å². The second kappa shape index (κ2) is 5.40. The van der Waals surface area contributed by atoms with Gasteiger partial charge in [-0.1, -0.05) is 18.5 Å². The lowest BCUT2D eigenvalue weighted by molar-refractivity contribution is 0.415. The van der Waals surface area contributed by atoms with E-state index in [1.165, 1.54) is 0 Å². The summed E-state index contributed by atoms with van der Waals surface area (Å²) in [7, 11) is 3.45. The Kier molecular flexibility index (Phi) is 3.85. The van der Waals surface area contributed by atoms with E-state index in [1.54, 1.807) is 23.9 Å². The second-order valence-electron chi connectivity index (χ2n) is 4.16. The van der Waals surface area contributed by atoms with Crippen molar-refractivity contribution in [2.75, 3.05) is 18.2 Å². The van der Waals surface area contributed by atoms with Gasteiger partial charge in [0.1, 0.15) is 5.75 Å². The summed E-state index contributed by atoms with van der Waals surface area (Å²) >= 11 is 6.16. The molecule has 0 amide bonds. The van der Waals surface area contributed by atoms with E-state index in [1.807, 2.05) is 20.0 Å². The van der Waals surface area contributed by atoms with Crippen molar-refractivity contribution >= 4 is 28.8 Å². The van der Waals surface area contributed by atoms with Crippen LogP contribution >= 0.6 is 11.6 Å². The number of aromatic nitrogens is 2. The monoisotopic (exact) mass is 280 g/mol. The molecule has 1 heterocycles. The number of anilines is 3. The minimum absolute atomic E-state index is 0.597. The molecule has 0 aliphatic carbocycles. The fourth-order valence-electron chi connectivity index (χ4n) is 1.86. The molecular formula is C13H17ClN4O. The maximum absolute atomic E-state index is 6.16. The van der Waals surface area contributed by atoms with Crippen molar-refractivity contribution in [3.63, 3.8) is 0 Å². The number of halogens is 1. The fourth-order valence-corrected chi connectivity index (χ4v) is 2.02. The Bertz CT molecular complexity index is 595. The molecule has 0 saturated carbocycles. The van der Waals surface area contributed by atoms with E-state index in [2.05, 4.69) is 10.4 Å². The molecular weight excluding hydrogens is 264 g/mol. The molecule has 2 aromatic rings. The lowest BCUT2D eigenvalue weighted by atomic mass is 10.2. The highest BCUT2D eigenvalue weighted by Gasteiger charge is 2.13. The highest BCUT2D eigenvalue weighted by atomic mass is 35.5. The van der Waals surface area contributed by atoms with E-state index in [9.17, 15) is 0 Å². The predicted molar refractivity (Wildman–Crippen MR) is 78.3 cm³/mol. The van der Waals surface area contributed by atoms with Crippen molar-refractivity contribution in [2.24, 2.45) is 7.05 Å². The second-order valence-corrected chi connectivity index (χ2v) is 4.56. The first-order valence-electron chi connectivity index (χ1n) is 5.98. The van der Waals surface area contributed by atoms with Crippen LogP contribution in [0.1, 0.15) is 12.6 Å². The molecule has 5 nitrogen and oxygen atoms in total. The Morgan fingerprint density at radius 1 is 1.47 bits per heavy atom. The summed E-state index contributed by atoms with van der Waals surface area (Å²) in [4.78, 5) is 0. The van der Waals surface area contributed by atoms with Crippen LogP contribution < -0.4 is 15.8 Å². The van der Waals surface area contributed by atoms with Crippen LogP contribution in [0.4, 0.5) is 17.2 Å². The van der Waals surface area contributed by atoms with Gasteiger partial charge in [0.2, 0.25) is 0 Å². The molecule has 3 N–H and O–H groups in total. The minimum atomic E-state index is 0.597. The number of aryl methyl sites for hydroxylation is 2. The van der Waals surface area contributed by atoms with Crippen LogP contribution in [-0.2, 0) is 13.5 Å². The van der Waals surface area contributed by atoms with Gasteiger partial charge in [-0.15, -0.1) is 0 Å². The normalized spacial score (nSPS) is 10.5. The van der Waals surface area contributed by atoms with E-state index in [-0.39, 0.29) is 0 Å². The molecule has 0 fully saturated rings. The molecule has 2 rings (SSSR count). The largest absolute Gasteiger partial charge is 0.497 e. The number of nitrogens with two attached hydrogens (primary N) is 1. The summed E-state index contributed by atoms with van der Waals surface area (Å²) < 4.78 is 6.89. The van der Waals surface area contributed by atoms with Crippen LogP contribution in [0, 0.1) is 0 Å². The van der Waals surface area contributed by atoms with Gasteiger partial charge in [0.25, 0.3) is 0 Å². The van der Waals surface area contributed by atoms with Crippen molar-refractivity contribution in [3.05, 3.63) is 28.9 Å². The average Bonchev–Trinajstić information content (AvgIpc) is 2.68. The number of rotatable bonds is 4. The number of hydrogen-bond donors (Lipinski definition) is 2. The fraction of sp³-hybridized carbons (Fsp3) is 0.308. The highest BCUT2D eigenvalue weighted by molar-refractivity contribution is 6.33. The Hall–Kier alpha value is -1.88. The Balaban J connectivity index is 2.38. The molecule has 19 heavy (non-hydrogen) atoms. The van der Waals surface area contributed by atoms with Crippen LogP contribution in [0.15, 0.2) is 18.2 Å². The summed E-state index contributed by atoms with van der Waals surface area (Å²) in [6, 6.07) is 5.40. The van der Waals surface area contributed by atoms with Gasteiger partial charge < -0.3 is 15.8 Å². The van der Waals surface area contributed by atoms with Gasteiger partial charge in [0, 0.05) is 13.1 Å². The van der Waals surface area contributed by atoms with Crippen LogP contribution in [0.25, 0.3) is 0 Å². The zero-order chi connectivity index (χ0) is 14.0. The standard InChI is InChI=1S/C13H17ClN4O/c1-4-10-12(15)13(18(2)17-10)16-11-7-8(19-3)5-6-9(11)14/h5-7,16H,4,15H2,1-3H3. The third-order valence-electron chi connectivity index (χ3n) is 2.92. The van der Waals surface area contributed by atoms with Crippen molar-refractivity contribution in [1.82, 2.24) is 9.78 Å². The molecule has 1 aromatic heterocycles. The molecule has 0 aliphatic rings. The number of nitrogens with zero attached hydrogens (tertiary/aromatic N) is 2. The zero-order valence-corrected chi connectivity index (χ0v) is 12.0. The molecule has 1 aromatic carbocycles. The Morgan fingerprint density at radius 3 is 2.79 bits per heavy atom. The molecule has 6 heteroatoms. The van der Waals surface area contributed by atoms with Gasteiger partial charge in [-0.05, 0) is 18.6 Å². The van der Waals surface area contributed by atoms with Gasteiger partial charge in [0.15, 0.2) is 5.82 Å². The first-order valence-corrected chi connectivity index (χ1v) is 6.36. The lowest BCUT2D eigenvalue weighted by Crippen LogP contribution is -2.02. The first kappa shape index (κ1) is 13.5. The highest BCUT2D eigenvalue weighted by Crippen LogP contribution is 2.32. The molecule has 0 unspecified atom stereocenters. The maximum Gasteiger partial charge on any atom is 0.152 e. The molecule has 0 spiro atoms. The van der Waals surface area contributed by atoms with E-state index in [0.29, 0.717) is 10.7 Å². The number of benzene rings is 1. The lowest BCUT2D eigenvalue weighted by Gasteiger charge is -2.11. The van der Waals surface area contributed by atoms with Gasteiger partial charge >= 0.3 is 0 Å². The van der Waals surface area contributed by atoms with Gasteiger partial charge in [-0.3, -0.25) is 4.68 Å². The van der Waals surface area contributed by atoms with Gasteiger partial charge in [0.05, 0.1) is 29.2 Å². The molecule has 0 saturated heterocycles. The van der Waals surface area contributed by atoms with Crippen molar-refractivity contribution in [1.29, 1.82) is 0 Å². The molecule has 102 valence electrons. The number of hydrogen-bond acceptors (Lipinski definition) is 4. The molecule has 0 aliphatic heterocycles. The molecule has 0 bridgehead atoms. The van der Waals surface area contributed by atoms with Crippen LogP contribution in [0.3, 0.4) is 0 Å². The van der Waals surface area contributed by atoms with Crippen LogP contribution in [-0.4, -0.2) is 16.9 Å². The van der Waals surface area contributed by atoms with Crippen molar-refractivity contribution in [2.45, 2.75) is 13.3 Å². The van der Waals surface area contributed by atoms with Crippen molar-refractivity contribution in [3.8, 4) is 5.75 Å². The summed E-state index contributed by atoms with van der Waals surface area (Å²) in [5, 5.41) is 8.15. The van der Waals surface area contributed by atoms with Gasteiger partial charge in [-0.25, -0.2) is 0 Å². The smallest absolute Gasteiger partial charge is 0.152 e. The van der Waals surface area contributed by atoms with E-state index in [4.69, 9.17) is 22.1 Å². The summed E-state index contributed by atoms with van der Waals surface area (Å²) in [5.74, 6) is 1.45. The predicted octanol–water partition coefficient (Wildman–Crippen LogP) is 2.97. The molecule has 0 atom stereocenters. The third kappa shape index (κ3) is 2.61. The summed E-state index contributed by atoms with van der Waals surface area (Å²) in [6.45, 7) is 2.01. The zero-order valence-electron chi connectivity index (χ0n) is 11.2. The number of ether oxygens (including phenoxy) is 1. The number of nitrogens with one attached hydrogen (secondary N) is 1. The summed E-state index contributed by atoms with van der Waals surface area (Å²) in [6.07, 6.45) is 0.785. The summed E-state index contributed by atoms with van der Waals surface area (Å²) in [5.41, 5.74) is 8.30. The molecule has 0 radical (unpaired) electrons. The Morgan fingerprint density at radius 2 is 2.21 bits per heavy atom. The SMILES string of the molecule is CCc1nn(C)c(Nc2cc(OC)ccc2Cl)c1N. The average molecular weight is 281 g/mol. The van der Waals surface area contributed by atoms with Crippen molar-refractivity contribution < 1.29 is 4.74 Å². The number of nitrogen functional groups attached to an aromatic ring is 1. The maximum atomic E-state index is 6.16. The van der Waals surface area contributed by atoms with Gasteiger partial charge in [-0.2, -0.15) is 5.10 Å². The van der Waals surface area contributed by atoms with E-state index < -0.39 is 0 Å². The third-order valence-corrected chi connectivity index (χ3v) is 3.25. The van der Waals surface area contributed by atoms with E-state index in [0.717, 1.165) is 29.4 Å².